The molecule has 1 aliphatic rings. The molecule has 0 bridgehead atoms. The zero-order chi connectivity index (χ0) is 9.10. The fraction of sp³-hybridized carbons (Fsp3) is 0.222. The van der Waals surface area contributed by atoms with Gasteiger partial charge in [0.05, 0.1) is 6.54 Å². The van der Waals surface area contributed by atoms with E-state index in [9.17, 15) is 0 Å². The summed E-state index contributed by atoms with van der Waals surface area (Å²) in [5.41, 5.74) is 0. The monoisotopic (exact) mass is 257 g/mol. The lowest BCUT2D eigenvalue weighted by Crippen LogP contribution is -1.99. The average molecular weight is 258 g/mol. The van der Waals surface area contributed by atoms with Crippen molar-refractivity contribution in [1.82, 2.24) is 0 Å². The molecule has 2 rings (SSSR count). The van der Waals surface area contributed by atoms with E-state index in [1.165, 1.54) is 0 Å². The van der Waals surface area contributed by atoms with Crippen molar-refractivity contribution in [2.24, 2.45) is 4.99 Å². The fourth-order valence-corrected chi connectivity index (χ4v) is 1.94. The van der Waals surface area contributed by atoms with Crippen molar-refractivity contribution in [3.8, 4) is 5.75 Å². The van der Waals surface area contributed by atoms with E-state index in [-0.39, 0.29) is 0 Å². The molecule has 0 radical (unpaired) electrons. The summed E-state index contributed by atoms with van der Waals surface area (Å²) in [6.45, 7) is 0.872. The smallest absolute Gasteiger partial charge is 0.251 e. The summed E-state index contributed by atoms with van der Waals surface area (Å²) >= 11 is 5.02. The summed E-state index contributed by atoms with van der Waals surface area (Å²) < 4.78 is 6.58. The fourth-order valence-electron chi connectivity index (χ4n) is 0.981. The maximum atomic E-state index is 5.52. The van der Waals surface area contributed by atoms with E-state index in [1.807, 2.05) is 24.3 Å². The van der Waals surface area contributed by atoms with Crippen molar-refractivity contribution in [1.29, 1.82) is 0 Å². The second-order valence-corrected chi connectivity index (χ2v) is 4.51. The summed E-state index contributed by atoms with van der Waals surface area (Å²) in [6, 6.07) is 7.75. The third-order valence-corrected chi connectivity index (χ3v) is 2.95. The molecule has 1 aromatic carbocycles. The highest BCUT2D eigenvalue weighted by Crippen LogP contribution is 2.20. The van der Waals surface area contributed by atoms with Crippen molar-refractivity contribution in [2.45, 2.75) is 0 Å². The number of benzene rings is 1. The van der Waals surface area contributed by atoms with Crippen LogP contribution in [0, 0.1) is 0 Å². The van der Waals surface area contributed by atoms with Crippen LogP contribution in [0.4, 0.5) is 0 Å². The van der Waals surface area contributed by atoms with Crippen LogP contribution in [0.25, 0.3) is 0 Å². The molecule has 0 aromatic heterocycles. The van der Waals surface area contributed by atoms with Crippen LogP contribution in [0.1, 0.15) is 0 Å². The summed E-state index contributed by atoms with van der Waals surface area (Å²) in [7, 11) is 0. The number of rotatable bonds is 1. The van der Waals surface area contributed by atoms with Crippen molar-refractivity contribution in [3.63, 3.8) is 0 Å². The molecule has 1 heterocycles. The predicted molar refractivity (Wildman–Crippen MR) is 59.5 cm³/mol. The van der Waals surface area contributed by atoms with Crippen LogP contribution in [0.3, 0.4) is 0 Å². The normalized spacial score (nSPS) is 15.6. The van der Waals surface area contributed by atoms with E-state index >= 15 is 0 Å². The molecule has 13 heavy (non-hydrogen) atoms. The van der Waals surface area contributed by atoms with Gasteiger partial charge in [-0.15, -0.1) is 0 Å². The van der Waals surface area contributed by atoms with Gasteiger partial charge in [0.15, 0.2) is 0 Å². The molecule has 0 atom stereocenters. The first-order valence-corrected chi connectivity index (χ1v) is 5.73. The molecule has 4 heteroatoms. The van der Waals surface area contributed by atoms with Gasteiger partial charge in [0.1, 0.15) is 5.75 Å². The maximum absolute atomic E-state index is 5.52. The molecule has 0 aliphatic carbocycles. The second-order valence-electron chi connectivity index (χ2n) is 2.55. The standard InChI is InChI=1S/C9H8BrNOS/c10-7-1-3-8(4-2-7)12-9-11-5-6-13-9/h1-4H,5-6H2. The van der Waals surface area contributed by atoms with E-state index in [0.29, 0.717) is 0 Å². The number of aliphatic imine (C=N–C) groups is 1. The van der Waals surface area contributed by atoms with Gasteiger partial charge in [0.25, 0.3) is 5.23 Å². The van der Waals surface area contributed by atoms with Gasteiger partial charge in [-0.25, -0.2) is 4.99 Å². The maximum Gasteiger partial charge on any atom is 0.251 e. The molecule has 0 spiro atoms. The number of hydrogen-bond donors (Lipinski definition) is 0. The molecule has 0 unspecified atom stereocenters. The largest absolute Gasteiger partial charge is 0.434 e. The summed E-state index contributed by atoms with van der Waals surface area (Å²) in [5, 5.41) is 0.780. The van der Waals surface area contributed by atoms with E-state index in [0.717, 1.165) is 27.7 Å². The molecule has 1 aromatic rings. The third kappa shape index (κ3) is 2.48. The predicted octanol–water partition coefficient (Wildman–Crippen LogP) is 2.93. The molecular formula is C9H8BrNOS. The third-order valence-electron chi connectivity index (χ3n) is 1.58. The highest BCUT2D eigenvalue weighted by molar-refractivity contribution is 9.10. The highest BCUT2D eigenvalue weighted by Gasteiger charge is 2.08. The van der Waals surface area contributed by atoms with Gasteiger partial charge in [-0.05, 0) is 24.3 Å². The molecule has 0 amide bonds. The molecular weight excluding hydrogens is 250 g/mol. The Hall–Kier alpha value is -0.480. The molecule has 2 nitrogen and oxygen atoms in total. The van der Waals surface area contributed by atoms with Crippen LogP contribution in [-0.4, -0.2) is 17.5 Å². The van der Waals surface area contributed by atoms with Crippen molar-refractivity contribution in [2.75, 3.05) is 12.3 Å². The van der Waals surface area contributed by atoms with E-state index in [4.69, 9.17) is 4.74 Å². The molecule has 0 saturated carbocycles. The van der Waals surface area contributed by atoms with Gasteiger partial charge in [0.2, 0.25) is 0 Å². The van der Waals surface area contributed by atoms with Crippen LogP contribution in [0.2, 0.25) is 0 Å². The number of thioether (sulfide) groups is 1. The Labute approximate surface area is 89.5 Å². The summed E-state index contributed by atoms with van der Waals surface area (Å²) in [4.78, 5) is 4.20. The van der Waals surface area contributed by atoms with Gasteiger partial charge < -0.3 is 4.74 Å². The Balaban J connectivity index is 2.05. The summed E-state index contributed by atoms with van der Waals surface area (Å²) in [5.74, 6) is 1.88. The van der Waals surface area contributed by atoms with Gasteiger partial charge in [0, 0.05) is 10.2 Å². The Kier molecular flexibility index (Phi) is 2.90. The lowest BCUT2D eigenvalue weighted by atomic mass is 10.3. The molecule has 1 aliphatic heterocycles. The van der Waals surface area contributed by atoms with E-state index in [1.54, 1.807) is 11.8 Å². The number of nitrogens with zero attached hydrogens (tertiary/aromatic N) is 1. The number of ether oxygens (including phenoxy) is 1. The Morgan fingerprint density at radius 1 is 1.31 bits per heavy atom. The van der Waals surface area contributed by atoms with Crippen molar-refractivity contribution < 1.29 is 4.74 Å². The van der Waals surface area contributed by atoms with Crippen LogP contribution in [0.5, 0.6) is 5.75 Å². The lowest BCUT2D eigenvalue weighted by Gasteiger charge is -2.02. The molecule has 68 valence electrons. The SMILES string of the molecule is Brc1ccc(OC2=NCCS2)cc1. The van der Waals surface area contributed by atoms with Crippen LogP contribution < -0.4 is 4.74 Å². The number of halogens is 1. The molecule has 0 N–H and O–H groups in total. The second kappa shape index (κ2) is 4.15. The Morgan fingerprint density at radius 3 is 2.69 bits per heavy atom. The molecule has 0 fully saturated rings. The van der Waals surface area contributed by atoms with Crippen LogP contribution in [-0.2, 0) is 0 Å². The van der Waals surface area contributed by atoms with Crippen LogP contribution in [0.15, 0.2) is 33.7 Å². The van der Waals surface area contributed by atoms with Gasteiger partial charge in [-0.2, -0.15) is 0 Å². The van der Waals surface area contributed by atoms with E-state index in [2.05, 4.69) is 20.9 Å². The first-order chi connectivity index (χ1) is 6.34. The van der Waals surface area contributed by atoms with Gasteiger partial charge in [-0.3, -0.25) is 0 Å². The van der Waals surface area contributed by atoms with Gasteiger partial charge in [-0.1, -0.05) is 27.7 Å². The first kappa shape index (κ1) is 9.09. The number of hydrogen-bond acceptors (Lipinski definition) is 3. The first-order valence-electron chi connectivity index (χ1n) is 3.95. The minimum atomic E-state index is 0.780. The zero-order valence-corrected chi connectivity index (χ0v) is 9.27. The highest BCUT2D eigenvalue weighted by atomic mass is 79.9. The van der Waals surface area contributed by atoms with Gasteiger partial charge >= 0.3 is 0 Å². The van der Waals surface area contributed by atoms with E-state index < -0.39 is 0 Å². The van der Waals surface area contributed by atoms with Crippen molar-refractivity contribution in [3.05, 3.63) is 28.7 Å². The lowest BCUT2D eigenvalue weighted by molar-refractivity contribution is 0.565. The minimum absolute atomic E-state index is 0.780. The topological polar surface area (TPSA) is 21.6 Å². The minimum Gasteiger partial charge on any atom is -0.434 e. The van der Waals surface area contributed by atoms with Crippen molar-refractivity contribution >= 4 is 32.9 Å². The summed E-state index contributed by atoms with van der Waals surface area (Å²) in [6.07, 6.45) is 0. The average Bonchev–Trinajstić information content (AvgIpc) is 2.62. The zero-order valence-electron chi connectivity index (χ0n) is 6.87. The quantitative estimate of drug-likeness (QED) is 0.772. The Morgan fingerprint density at radius 2 is 2.08 bits per heavy atom. The molecule has 0 saturated heterocycles. The van der Waals surface area contributed by atoms with Crippen LogP contribution >= 0.6 is 27.7 Å². The Bertz CT molecular complexity index is 323.